The van der Waals surface area contributed by atoms with Gasteiger partial charge in [0.15, 0.2) is 18.9 Å². The highest BCUT2D eigenvalue weighted by Gasteiger charge is 2.53. The van der Waals surface area contributed by atoms with E-state index in [9.17, 15) is 46.0 Å². The molecule has 0 unspecified atom stereocenters. The molecule has 15 heteroatoms. The molecule has 4 rings (SSSR count). The fourth-order valence-corrected chi connectivity index (χ4v) is 4.62. The van der Waals surface area contributed by atoms with Crippen LogP contribution in [-0.4, -0.2) is 152 Å². The van der Waals surface area contributed by atoms with Gasteiger partial charge in [0.05, 0.1) is 26.4 Å². The van der Waals surface area contributed by atoms with Gasteiger partial charge in [0, 0.05) is 0 Å². The van der Waals surface area contributed by atoms with E-state index in [4.69, 9.17) is 28.4 Å². The summed E-state index contributed by atoms with van der Waals surface area (Å²) >= 11 is 0. The van der Waals surface area contributed by atoms with Crippen LogP contribution < -0.4 is 0 Å². The van der Waals surface area contributed by atoms with E-state index in [1.54, 1.807) is 30.3 Å². The van der Waals surface area contributed by atoms with Gasteiger partial charge < -0.3 is 74.4 Å². The van der Waals surface area contributed by atoms with E-state index in [1.807, 2.05) is 0 Å². The lowest BCUT2D eigenvalue weighted by atomic mass is 9.96. The number of aliphatic hydroxyl groups is 9. The molecule has 3 saturated heterocycles. The van der Waals surface area contributed by atoms with Crippen molar-refractivity contribution in [3.05, 3.63) is 35.9 Å². The molecule has 1 aromatic rings. The molecule has 0 bridgehead atoms. The third-order valence-corrected chi connectivity index (χ3v) is 6.94. The number of benzene rings is 1. The Morgan fingerprint density at radius 1 is 0.641 bits per heavy atom. The Morgan fingerprint density at radius 2 is 1.23 bits per heavy atom. The molecular formula is C24H36O15. The Balaban J connectivity index is 1.61. The lowest BCUT2D eigenvalue weighted by molar-refractivity contribution is -0.387. The van der Waals surface area contributed by atoms with Gasteiger partial charge in [-0.15, -0.1) is 0 Å². The maximum atomic E-state index is 11.0. The third-order valence-electron chi connectivity index (χ3n) is 6.94. The van der Waals surface area contributed by atoms with Gasteiger partial charge in [0.2, 0.25) is 0 Å². The maximum absolute atomic E-state index is 11.0. The fourth-order valence-electron chi connectivity index (χ4n) is 4.62. The minimum absolute atomic E-state index is 0.0260. The molecule has 0 saturated carbocycles. The van der Waals surface area contributed by atoms with Crippen molar-refractivity contribution in [1.29, 1.82) is 0 Å². The quantitative estimate of drug-likeness (QED) is 0.137. The summed E-state index contributed by atoms with van der Waals surface area (Å²) in [6, 6.07) is 8.89. The summed E-state index contributed by atoms with van der Waals surface area (Å²) < 4.78 is 34.0. The van der Waals surface area contributed by atoms with Gasteiger partial charge in [-0.3, -0.25) is 0 Å². The third kappa shape index (κ3) is 6.75. The highest BCUT2D eigenvalue weighted by molar-refractivity contribution is 5.13. The molecule has 9 N–H and O–H groups in total. The highest BCUT2D eigenvalue weighted by atomic mass is 16.8. The van der Waals surface area contributed by atoms with Crippen LogP contribution >= 0.6 is 0 Å². The molecule has 3 aliphatic rings. The first-order valence-electron chi connectivity index (χ1n) is 12.5. The van der Waals surface area contributed by atoms with Crippen LogP contribution in [-0.2, 0) is 35.0 Å². The number of rotatable bonds is 9. The normalized spacial score (nSPS) is 45.3. The number of hydrogen-bond donors (Lipinski definition) is 9. The molecule has 3 heterocycles. The molecular weight excluding hydrogens is 528 g/mol. The lowest BCUT2D eigenvalue weighted by Crippen LogP contribution is -2.66. The van der Waals surface area contributed by atoms with Gasteiger partial charge in [-0.25, -0.2) is 0 Å². The van der Waals surface area contributed by atoms with E-state index >= 15 is 0 Å². The van der Waals surface area contributed by atoms with Gasteiger partial charge in [-0.1, -0.05) is 30.3 Å². The van der Waals surface area contributed by atoms with E-state index in [2.05, 4.69) is 0 Å². The lowest BCUT2D eigenvalue weighted by Gasteiger charge is -2.48. The first-order chi connectivity index (χ1) is 18.7. The molecule has 14 atom stereocenters. The molecule has 3 fully saturated rings. The second-order valence-corrected chi connectivity index (χ2v) is 9.66. The van der Waals surface area contributed by atoms with Crippen molar-refractivity contribution in [2.24, 2.45) is 0 Å². The zero-order valence-corrected chi connectivity index (χ0v) is 20.8. The summed E-state index contributed by atoms with van der Waals surface area (Å²) in [5.74, 6) is 0. The summed E-state index contributed by atoms with van der Waals surface area (Å²) in [6.45, 7) is -1.85. The number of aliphatic hydroxyl groups excluding tert-OH is 9. The van der Waals surface area contributed by atoms with E-state index in [1.165, 1.54) is 0 Å². The summed E-state index contributed by atoms with van der Waals surface area (Å²) in [7, 11) is 0. The largest absolute Gasteiger partial charge is 0.394 e. The topological polar surface area (TPSA) is 237 Å². The minimum atomic E-state index is -1.83. The fraction of sp³-hybridized carbons (Fsp3) is 0.750. The molecule has 0 radical (unpaired) electrons. The van der Waals surface area contributed by atoms with Gasteiger partial charge in [0.1, 0.15) is 67.1 Å². The predicted molar refractivity (Wildman–Crippen MR) is 124 cm³/mol. The maximum Gasteiger partial charge on any atom is 0.187 e. The predicted octanol–water partition coefficient (Wildman–Crippen LogP) is -4.71. The van der Waals surface area contributed by atoms with Crippen LogP contribution in [0.4, 0.5) is 0 Å². The van der Waals surface area contributed by atoms with Crippen LogP contribution in [0.5, 0.6) is 0 Å². The van der Waals surface area contributed by atoms with Crippen molar-refractivity contribution < 1.29 is 74.4 Å². The zero-order valence-electron chi connectivity index (χ0n) is 20.8. The minimum Gasteiger partial charge on any atom is -0.394 e. The Hall–Kier alpha value is -1.38. The second kappa shape index (κ2) is 13.5. The average molecular weight is 565 g/mol. The Kier molecular flexibility index (Phi) is 10.6. The van der Waals surface area contributed by atoms with Crippen molar-refractivity contribution in [3.63, 3.8) is 0 Å². The van der Waals surface area contributed by atoms with Crippen molar-refractivity contribution >= 4 is 0 Å². The molecule has 39 heavy (non-hydrogen) atoms. The summed E-state index contributed by atoms with van der Waals surface area (Å²) in [6.07, 6.45) is -21.9. The monoisotopic (exact) mass is 564 g/mol. The van der Waals surface area contributed by atoms with Gasteiger partial charge in [0.25, 0.3) is 0 Å². The van der Waals surface area contributed by atoms with E-state index in [0.717, 1.165) is 5.56 Å². The van der Waals surface area contributed by atoms with E-state index in [0.29, 0.717) is 0 Å². The Bertz CT molecular complexity index is 876. The highest BCUT2D eigenvalue weighted by Crippen LogP contribution is 2.33. The molecule has 3 aliphatic heterocycles. The van der Waals surface area contributed by atoms with Crippen molar-refractivity contribution in [2.75, 3.05) is 19.8 Å². The van der Waals surface area contributed by atoms with Crippen molar-refractivity contribution in [3.8, 4) is 0 Å². The molecule has 15 nitrogen and oxygen atoms in total. The molecule has 0 aromatic heterocycles. The van der Waals surface area contributed by atoms with E-state index < -0.39 is 106 Å². The van der Waals surface area contributed by atoms with Crippen LogP contribution in [0.25, 0.3) is 0 Å². The first-order valence-corrected chi connectivity index (χ1v) is 12.5. The summed E-state index contributed by atoms with van der Waals surface area (Å²) in [5, 5.41) is 91.5. The Labute approximate surface area is 223 Å². The number of ether oxygens (including phenoxy) is 6. The second-order valence-electron chi connectivity index (χ2n) is 9.66. The smallest absolute Gasteiger partial charge is 0.187 e. The van der Waals surface area contributed by atoms with Crippen LogP contribution in [0.15, 0.2) is 30.3 Å². The summed E-state index contributed by atoms with van der Waals surface area (Å²) in [4.78, 5) is 0. The van der Waals surface area contributed by atoms with Crippen LogP contribution in [0.1, 0.15) is 5.56 Å². The molecule has 0 spiro atoms. The van der Waals surface area contributed by atoms with Gasteiger partial charge >= 0.3 is 0 Å². The van der Waals surface area contributed by atoms with Gasteiger partial charge in [-0.05, 0) is 5.56 Å². The summed E-state index contributed by atoms with van der Waals surface area (Å²) in [5.41, 5.74) is 0.727. The molecule has 1 aromatic carbocycles. The molecule has 0 amide bonds. The van der Waals surface area contributed by atoms with Crippen molar-refractivity contribution in [1.82, 2.24) is 0 Å². The van der Waals surface area contributed by atoms with Crippen molar-refractivity contribution in [2.45, 2.75) is 92.6 Å². The average Bonchev–Trinajstić information content (AvgIpc) is 2.95. The standard InChI is InChI=1S/C24H36O15/c25-6-12-15(29)17(31)19(33)23(36-12)38-20-16(30)13(7-26)37-24(34-8-10-4-2-1-3-5-10)21(20)39-22-18(32)14(28)11(27)9-35-22/h1-5,11-33H,6-9H2/t11-,12-,13-,14+,15-,16-,17+,18-,19-,20+,21-,22-,23-,24+/m1/s1. The molecule has 222 valence electrons. The van der Waals surface area contributed by atoms with Crippen LogP contribution in [0, 0.1) is 0 Å². The Morgan fingerprint density at radius 3 is 1.90 bits per heavy atom. The SMILES string of the molecule is OC[C@H]1O[C@H](O[C@H]2[C@H](O)[C@@H](CO)O[C@H](OCc3ccccc3)[C@@H]2O[C@H]2OC[C@@H](O)[C@H](O)[C@H]2O)[C@H](O)[C@@H](O)[C@@H]1O. The van der Waals surface area contributed by atoms with E-state index in [-0.39, 0.29) is 6.61 Å². The van der Waals surface area contributed by atoms with Crippen LogP contribution in [0.2, 0.25) is 0 Å². The zero-order chi connectivity index (χ0) is 28.3. The number of hydrogen-bond acceptors (Lipinski definition) is 15. The molecule has 0 aliphatic carbocycles. The first kappa shape index (κ1) is 30.6. The van der Waals surface area contributed by atoms with Gasteiger partial charge in [-0.2, -0.15) is 0 Å². The van der Waals surface area contributed by atoms with Crippen LogP contribution in [0.3, 0.4) is 0 Å².